The molecule has 0 spiro atoms. The van der Waals surface area contributed by atoms with Crippen molar-refractivity contribution in [1.82, 2.24) is 5.48 Å². The maximum atomic E-state index is 12.6. The fourth-order valence-electron chi connectivity index (χ4n) is 2.84. The first kappa shape index (κ1) is 18.2. The van der Waals surface area contributed by atoms with Crippen LogP contribution in [-0.2, 0) is 4.84 Å². The van der Waals surface area contributed by atoms with Gasteiger partial charge in [0.15, 0.2) is 0 Å². The first-order valence-corrected chi connectivity index (χ1v) is 8.68. The quantitative estimate of drug-likeness (QED) is 0.699. The van der Waals surface area contributed by atoms with E-state index >= 15 is 0 Å². The van der Waals surface area contributed by atoms with Gasteiger partial charge in [-0.2, -0.15) is 0 Å². The number of benzene rings is 2. The van der Waals surface area contributed by atoms with Gasteiger partial charge in [0.05, 0.1) is 6.10 Å². The van der Waals surface area contributed by atoms with Crippen LogP contribution in [0.1, 0.15) is 62.4 Å². The van der Waals surface area contributed by atoms with Gasteiger partial charge in [0, 0.05) is 5.56 Å². The van der Waals surface area contributed by atoms with Gasteiger partial charge in [-0.25, -0.2) is 5.48 Å². The zero-order valence-electron chi connectivity index (χ0n) is 15.0. The first-order valence-electron chi connectivity index (χ1n) is 8.68. The van der Waals surface area contributed by atoms with Crippen LogP contribution in [0.2, 0.25) is 0 Å². The number of hydrogen-bond donors (Lipinski definition) is 1. The highest BCUT2D eigenvalue weighted by Crippen LogP contribution is 2.31. The largest absolute Gasteiger partial charge is 0.275 e. The Morgan fingerprint density at radius 3 is 2.29 bits per heavy atom. The fourth-order valence-corrected chi connectivity index (χ4v) is 2.84. The van der Waals surface area contributed by atoms with Crippen molar-refractivity contribution in [2.24, 2.45) is 0 Å². The average molecular weight is 325 g/mol. The van der Waals surface area contributed by atoms with Crippen LogP contribution in [0.4, 0.5) is 0 Å². The van der Waals surface area contributed by atoms with E-state index in [-0.39, 0.29) is 12.0 Å². The molecule has 128 valence electrons. The zero-order valence-corrected chi connectivity index (χ0v) is 15.0. The summed E-state index contributed by atoms with van der Waals surface area (Å²) in [6.45, 7) is 8.39. The standard InChI is InChI=1S/C21H27NO2/c1-5-10-16(4)24-22-21(23)20-14-9-8-13-19(20)18-12-7-6-11-17(18)15(2)3/h6-9,11-16H,5,10H2,1-4H3,(H,22,23)/t16-/m0/s1. The van der Waals surface area contributed by atoms with E-state index in [1.165, 1.54) is 5.56 Å². The Balaban J connectivity index is 2.30. The average Bonchev–Trinajstić information content (AvgIpc) is 2.60. The van der Waals surface area contributed by atoms with Crippen LogP contribution in [0.15, 0.2) is 48.5 Å². The molecule has 2 aromatic rings. The van der Waals surface area contributed by atoms with Crippen LogP contribution >= 0.6 is 0 Å². The summed E-state index contributed by atoms with van der Waals surface area (Å²) in [7, 11) is 0. The third-order valence-corrected chi connectivity index (χ3v) is 4.09. The third kappa shape index (κ3) is 4.45. The molecule has 0 heterocycles. The van der Waals surface area contributed by atoms with E-state index in [4.69, 9.17) is 4.84 Å². The zero-order chi connectivity index (χ0) is 17.5. The minimum absolute atomic E-state index is 0.00839. The highest BCUT2D eigenvalue weighted by molar-refractivity contribution is 6.00. The van der Waals surface area contributed by atoms with E-state index < -0.39 is 0 Å². The van der Waals surface area contributed by atoms with Crippen molar-refractivity contribution >= 4 is 5.91 Å². The predicted molar refractivity (Wildman–Crippen MR) is 98.9 cm³/mol. The van der Waals surface area contributed by atoms with Crippen LogP contribution in [0.25, 0.3) is 11.1 Å². The lowest BCUT2D eigenvalue weighted by atomic mass is 9.90. The summed E-state index contributed by atoms with van der Waals surface area (Å²) in [6.07, 6.45) is 1.95. The predicted octanol–water partition coefficient (Wildman–Crippen LogP) is 5.33. The number of hydroxylamine groups is 1. The molecule has 0 aliphatic carbocycles. The van der Waals surface area contributed by atoms with Gasteiger partial charge in [-0.05, 0) is 42.0 Å². The Hall–Kier alpha value is -2.13. The second-order valence-electron chi connectivity index (χ2n) is 6.44. The topological polar surface area (TPSA) is 38.3 Å². The van der Waals surface area contributed by atoms with Crippen LogP contribution in [-0.4, -0.2) is 12.0 Å². The summed E-state index contributed by atoms with van der Waals surface area (Å²) in [5.41, 5.74) is 6.50. The van der Waals surface area contributed by atoms with Crippen molar-refractivity contribution in [3.63, 3.8) is 0 Å². The molecule has 2 aromatic carbocycles. The van der Waals surface area contributed by atoms with Gasteiger partial charge in [0.25, 0.3) is 5.91 Å². The van der Waals surface area contributed by atoms with Crippen molar-refractivity contribution in [2.75, 3.05) is 0 Å². The molecule has 1 N–H and O–H groups in total. The smallest absolute Gasteiger partial charge is 0.270 e. The second-order valence-corrected chi connectivity index (χ2v) is 6.44. The Bertz CT molecular complexity index is 679. The van der Waals surface area contributed by atoms with Crippen molar-refractivity contribution < 1.29 is 9.63 Å². The summed E-state index contributed by atoms with van der Waals surface area (Å²) in [5.74, 6) is 0.185. The minimum Gasteiger partial charge on any atom is -0.270 e. The van der Waals surface area contributed by atoms with E-state index in [9.17, 15) is 4.79 Å². The minimum atomic E-state index is -0.202. The van der Waals surface area contributed by atoms with Gasteiger partial charge < -0.3 is 0 Å². The lowest BCUT2D eigenvalue weighted by molar-refractivity contribution is -0.0112. The lowest BCUT2D eigenvalue weighted by Gasteiger charge is -2.17. The Morgan fingerprint density at radius 1 is 1.00 bits per heavy atom. The Morgan fingerprint density at radius 2 is 1.62 bits per heavy atom. The van der Waals surface area contributed by atoms with E-state index in [0.717, 1.165) is 24.0 Å². The van der Waals surface area contributed by atoms with Crippen molar-refractivity contribution in [3.8, 4) is 11.1 Å². The van der Waals surface area contributed by atoms with Crippen molar-refractivity contribution in [1.29, 1.82) is 0 Å². The molecule has 3 nitrogen and oxygen atoms in total. The number of carbonyl (C=O) groups is 1. The number of nitrogens with one attached hydrogen (secondary N) is 1. The van der Waals surface area contributed by atoms with Gasteiger partial charge >= 0.3 is 0 Å². The second kappa shape index (κ2) is 8.65. The summed E-state index contributed by atoms with van der Waals surface area (Å²) < 4.78 is 0. The number of hydrogen-bond acceptors (Lipinski definition) is 2. The fraction of sp³-hybridized carbons (Fsp3) is 0.381. The molecule has 0 aliphatic rings. The molecule has 3 heteroatoms. The molecule has 0 aromatic heterocycles. The normalized spacial score (nSPS) is 12.2. The van der Waals surface area contributed by atoms with Gasteiger partial charge in [-0.3, -0.25) is 9.63 Å². The van der Waals surface area contributed by atoms with Gasteiger partial charge in [-0.1, -0.05) is 69.7 Å². The Kier molecular flexibility index (Phi) is 6.56. The molecular weight excluding hydrogens is 298 g/mol. The van der Waals surface area contributed by atoms with E-state index in [2.05, 4.69) is 38.4 Å². The SMILES string of the molecule is CCC[C@H](C)ONC(=O)c1ccccc1-c1ccccc1C(C)C. The van der Waals surface area contributed by atoms with Gasteiger partial charge in [0.2, 0.25) is 0 Å². The number of amides is 1. The highest BCUT2D eigenvalue weighted by atomic mass is 16.7. The van der Waals surface area contributed by atoms with Crippen molar-refractivity contribution in [2.45, 2.75) is 52.6 Å². The van der Waals surface area contributed by atoms with E-state index in [1.54, 1.807) is 0 Å². The number of carbonyl (C=O) groups excluding carboxylic acids is 1. The summed E-state index contributed by atoms with van der Waals surface area (Å²) in [5, 5.41) is 0. The molecule has 0 saturated heterocycles. The van der Waals surface area contributed by atoms with Crippen molar-refractivity contribution in [3.05, 3.63) is 59.7 Å². The molecule has 24 heavy (non-hydrogen) atoms. The molecule has 2 rings (SSSR count). The first-order chi connectivity index (χ1) is 11.5. The number of rotatable bonds is 7. The summed E-state index contributed by atoms with van der Waals surface area (Å²) in [6, 6.07) is 15.9. The van der Waals surface area contributed by atoms with E-state index in [0.29, 0.717) is 11.5 Å². The molecule has 0 unspecified atom stereocenters. The molecule has 0 radical (unpaired) electrons. The molecule has 0 bridgehead atoms. The monoisotopic (exact) mass is 325 g/mol. The molecule has 1 atom stereocenters. The molecule has 0 fully saturated rings. The molecule has 0 aliphatic heterocycles. The van der Waals surface area contributed by atoms with Crippen LogP contribution in [0.5, 0.6) is 0 Å². The maximum Gasteiger partial charge on any atom is 0.275 e. The maximum absolute atomic E-state index is 12.6. The van der Waals surface area contributed by atoms with Crippen LogP contribution in [0, 0.1) is 0 Å². The van der Waals surface area contributed by atoms with Gasteiger partial charge in [0.1, 0.15) is 0 Å². The summed E-state index contributed by atoms with van der Waals surface area (Å²) >= 11 is 0. The van der Waals surface area contributed by atoms with Crippen LogP contribution < -0.4 is 5.48 Å². The Labute approximate surface area is 145 Å². The third-order valence-electron chi connectivity index (χ3n) is 4.09. The summed E-state index contributed by atoms with van der Waals surface area (Å²) in [4.78, 5) is 18.1. The van der Waals surface area contributed by atoms with Crippen LogP contribution in [0.3, 0.4) is 0 Å². The lowest BCUT2D eigenvalue weighted by Crippen LogP contribution is -2.28. The highest BCUT2D eigenvalue weighted by Gasteiger charge is 2.16. The molecule has 0 saturated carbocycles. The van der Waals surface area contributed by atoms with Gasteiger partial charge in [-0.15, -0.1) is 0 Å². The molecule has 1 amide bonds. The molecular formula is C21H27NO2. The van der Waals surface area contributed by atoms with E-state index in [1.807, 2.05) is 43.3 Å².